The molecule has 1 aromatic rings. The molecule has 3 atom stereocenters. The van der Waals surface area contributed by atoms with Gasteiger partial charge >= 0.3 is 11.9 Å². The zero-order valence-electron chi connectivity index (χ0n) is 19.0. The second-order valence-electron chi connectivity index (χ2n) is 8.04. The Morgan fingerprint density at radius 1 is 1.33 bits per heavy atom. The number of nitrogens with one attached hydrogen (secondary N) is 1. The highest BCUT2D eigenvalue weighted by molar-refractivity contribution is 7.99. The van der Waals surface area contributed by atoms with Crippen LogP contribution in [0.5, 0.6) is 0 Å². The third-order valence-corrected chi connectivity index (χ3v) is 7.08. The van der Waals surface area contributed by atoms with Crippen molar-refractivity contribution in [3.63, 3.8) is 0 Å². The Morgan fingerprint density at radius 3 is 2.70 bits per heavy atom. The van der Waals surface area contributed by atoms with Crippen molar-refractivity contribution in [3.05, 3.63) is 57.1 Å². The van der Waals surface area contributed by atoms with E-state index in [-0.39, 0.29) is 28.7 Å². The average Bonchev–Trinajstić information content (AvgIpc) is 2.77. The van der Waals surface area contributed by atoms with Crippen molar-refractivity contribution in [2.45, 2.75) is 33.1 Å². The number of dihydropyridines is 1. The number of ketones is 1. The van der Waals surface area contributed by atoms with Crippen LogP contribution >= 0.6 is 23.4 Å². The van der Waals surface area contributed by atoms with Gasteiger partial charge in [-0.1, -0.05) is 31.5 Å². The number of ether oxygens (including phenoxy) is 2. The molecule has 1 N–H and O–H groups in total. The molecule has 33 heavy (non-hydrogen) atoms. The molecule has 178 valence electrons. The fourth-order valence-corrected chi connectivity index (χ4v) is 5.00. The number of rotatable bonds is 7. The Bertz CT molecular complexity index is 1040. The highest BCUT2D eigenvalue weighted by Crippen LogP contribution is 2.45. The van der Waals surface area contributed by atoms with Crippen LogP contribution in [0.25, 0.3) is 0 Å². The molecule has 0 aromatic heterocycles. The lowest BCUT2D eigenvalue weighted by Gasteiger charge is -2.38. The number of hydrogen-bond acceptors (Lipinski definition) is 7. The van der Waals surface area contributed by atoms with Gasteiger partial charge in [0.2, 0.25) is 0 Å². The number of allylic oxidation sites excluding steroid dienone is 3. The zero-order chi connectivity index (χ0) is 24.3. The van der Waals surface area contributed by atoms with Crippen molar-refractivity contribution in [3.8, 4) is 0 Å². The van der Waals surface area contributed by atoms with Crippen LogP contribution in [-0.2, 0) is 23.9 Å². The van der Waals surface area contributed by atoms with Gasteiger partial charge in [-0.05, 0) is 42.7 Å². The lowest BCUT2D eigenvalue weighted by Crippen LogP contribution is -2.43. The van der Waals surface area contributed by atoms with Gasteiger partial charge in [0.25, 0.3) is 0 Å². The number of methoxy groups -OCH3 is 1. The molecule has 0 bridgehead atoms. The molecule has 6 nitrogen and oxygen atoms in total. The van der Waals surface area contributed by atoms with Crippen LogP contribution in [0.1, 0.15) is 38.7 Å². The van der Waals surface area contributed by atoms with Gasteiger partial charge in [-0.15, -0.1) is 0 Å². The first-order valence-corrected chi connectivity index (χ1v) is 12.3. The highest BCUT2D eigenvalue weighted by atomic mass is 35.5. The van der Waals surface area contributed by atoms with Gasteiger partial charge in [-0.25, -0.2) is 9.18 Å². The van der Waals surface area contributed by atoms with E-state index in [1.807, 2.05) is 6.92 Å². The molecule has 2 aliphatic rings. The van der Waals surface area contributed by atoms with E-state index in [0.29, 0.717) is 29.1 Å². The monoisotopic (exact) mass is 495 g/mol. The van der Waals surface area contributed by atoms with Crippen molar-refractivity contribution in [2.24, 2.45) is 11.8 Å². The molecular formula is C24H27ClFNO5S. The van der Waals surface area contributed by atoms with E-state index in [2.05, 4.69) is 5.32 Å². The van der Waals surface area contributed by atoms with Gasteiger partial charge in [-0.3, -0.25) is 9.59 Å². The molecule has 0 radical (unpaired) electrons. The van der Waals surface area contributed by atoms with Gasteiger partial charge in [0.05, 0.1) is 17.7 Å². The molecule has 9 heteroatoms. The summed E-state index contributed by atoms with van der Waals surface area (Å²) in [5.41, 5.74) is 1.99. The van der Waals surface area contributed by atoms with Crippen LogP contribution in [0.2, 0.25) is 5.02 Å². The number of hydrogen-bond donors (Lipinski definition) is 1. The molecule has 3 rings (SSSR count). The predicted molar refractivity (Wildman–Crippen MR) is 125 cm³/mol. The van der Waals surface area contributed by atoms with Gasteiger partial charge < -0.3 is 14.8 Å². The second kappa shape index (κ2) is 10.7. The Hall–Kier alpha value is -2.32. The topological polar surface area (TPSA) is 81.7 Å². The van der Waals surface area contributed by atoms with Gasteiger partial charge in [0.15, 0.2) is 5.78 Å². The van der Waals surface area contributed by atoms with Gasteiger partial charge in [0, 0.05) is 28.6 Å². The van der Waals surface area contributed by atoms with E-state index in [9.17, 15) is 18.8 Å². The average molecular weight is 496 g/mol. The number of carbonyl (C=O) groups excluding carboxylic acids is 3. The molecule has 0 saturated heterocycles. The van der Waals surface area contributed by atoms with Crippen molar-refractivity contribution in [2.75, 3.05) is 25.2 Å². The molecule has 1 aliphatic heterocycles. The van der Waals surface area contributed by atoms with E-state index in [1.165, 1.54) is 19.2 Å². The smallest absolute Gasteiger partial charge is 0.336 e. The maximum Gasteiger partial charge on any atom is 0.336 e. The third-order valence-electron chi connectivity index (χ3n) is 5.90. The minimum Gasteiger partial charge on any atom is -0.468 e. The van der Waals surface area contributed by atoms with Gasteiger partial charge in [-0.2, -0.15) is 11.8 Å². The van der Waals surface area contributed by atoms with E-state index >= 15 is 0 Å². The highest BCUT2D eigenvalue weighted by Gasteiger charge is 2.47. The molecule has 0 unspecified atom stereocenters. The van der Waals surface area contributed by atoms with Crippen molar-refractivity contribution < 1.29 is 28.2 Å². The number of esters is 2. The minimum atomic E-state index is -1.01. The molecular weight excluding hydrogens is 469 g/mol. The first-order chi connectivity index (χ1) is 15.7. The van der Waals surface area contributed by atoms with Crippen LogP contribution in [0.15, 0.2) is 40.7 Å². The number of thioether (sulfide) groups is 1. The minimum absolute atomic E-state index is 0.0701. The largest absolute Gasteiger partial charge is 0.468 e. The molecule has 1 aromatic carbocycles. The fraction of sp³-hybridized carbons (Fsp3) is 0.458. The van der Waals surface area contributed by atoms with Crippen LogP contribution in [0.4, 0.5) is 4.39 Å². The fourth-order valence-electron chi connectivity index (χ4n) is 4.39. The standard InChI is InChI=1S/C24H27ClFNO5S/c1-5-33-9-8-32-24(30)19-13(3)27-17-10-12(2)18(23(29)31-4)22(28)21(17)20(19)14-6-7-15(25)16(26)11-14/h6-7,11-12,18,20,27H,5,8-10H2,1-4H3/t12-,18+,20-/m1/s1. The van der Waals surface area contributed by atoms with E-state index in [1.54, 1.807) is 31.7 Å². The van der Waals surface area contributed by atoms with Crippen molar-refractivity contribution in [1.82, 2.24) is 5.32 Å². The zero-order valence-corrected chi connectivity index (χ0v) is 20.6. The summed E-state index contributed by atoms with van der Waals surface area (Å²) in [6.07, 6.45) is 0.403. The number of carbonyl (C=O) groups is 3. The third kappa shape index (κ3) is 5.11. The first-order valence-electron chi connectivity index (χ1n) is 10.7. The Balaban J connectivity index is 2.10. The number of halogens is 2. The lowest BCUT2D eigenvalue weighted by molar-refractivity contribution is -0.151. The van der Waals surface area contributed by atoms with E-state index < -0.39 is 35.4 Å². The van der Waals surface area contributed by atoms with E-state index in [4.69, 9.17) is 21.1 Å². The quantitative estimate of drug-likeness (QED) is 0.341. The summed E-state index contributed by atoms with van der Waals surface area (Å²) in [6, 6.07) is 4.19. The Labute approximate surface area is 201 Å². The number of Topliss-reactive ketones (excluding diaryl/α,β-unsaturated/α-hetero) is 1. The van der Waals surface area contributed by atoms with Crippen LogP contribution in [-0.4, -0.2) is 42.9 Å². The number of benzene rings is 1. The van der Waals surface area contributed by atoms with E-state index in [0.717, 1.165) is 5.75 Å². The SMILES string of the molecule is CCSCCOC(=O)C1=C(C)NC2=C(C(=O)[C@@H](C(=O)OC)[C@H](C)C2)[C@@H]1c1ccc(Cl)c(F)c1. The summed E-state index contributed by atoms with van der Waals surface area (Å²) < 4.78 is 24.8. The Morgan fingerprint density at radius 2 is 2.06 bits per heavy atom. The maximum atomic E-state index is 14.4. The Kier molecular flexibility index (Phi) is 8.23. The van der Waals surface area contributed by atoms with Gasteiger partial charge in [0.1, 0.15) is 18.3 Å². The summed E-state index contributed by atoms with van der Waals surface area (Å²) in [5, 5.41) is 3.11. The summed E-state index contributed by atoms with van der Waals surface area (Å²) in [5.74, 6) is -3.01. The molecule has 0 amide bonds. The predicted octanol–water partition coefficient (Wildman–Crippen LogP) is 4.39. The van der Waals surface area contributed by atoms with Crippen LogP contribution < -0.4 is 5.32 Å². The summed E-state index contributed by atoms with van der Waals surface area (Å²) in [6.45, 7) is 5.74. The van der Waals surface area contributed by atoms with Crippen LogP contribution in [0, 0.1) is 17.7 Å². The molecule has 0 saturated carbocycles. The molecule has 1 aliphatic carbocycles. The lowest BCUT2D eigenvalue weighted by atomic mass is 9.69. The van der Waals surface area contributed by atoms with Crippen molar-refractivity contribution >= 4 is 41.1 Å². The normalized spacial score (nSPS) is 22.6. The maximum absolute atomic E-state index is 14.4. The van der Waals surface area contributed by atoms with Crippen LogP contribution in [0.3, 0.4) is 0 Å². The molecule has 0 spiro atoms. The molecule has 0 fully saturated rings. The second-order valence-corrected chi connectivity index (χ2v) is 9.84. The summed E-state index contributed by atoms with van der Waals surface area (Å²) in [7, 11) is 1.23. The first kappa shape index (κ1) is 25.3. The molecule has 1 heterocycles. The summed E-state index contributed by atoms with van der Waals surface area (Å²) in [4.78, 5) is 39.2. The summed E-state index contributed by atoms with van der Waals surface area (Å²) >= 11 is 7.52. The van der Waals surface area contributed by atoms with Crippen molar-refractivity contribution in [1.29, 1.82) is 0 Å².